The van der Waals surface area contributed by atoms with Crippen molar-refractivity contribution >= 4 is 11.6 Å². The van der Waals surface area contributed by atoms with Gasteiger partial charge in [-0.05, 0) is 80.1 Å². The SMILES string of the molecule is C[C@@H](Oc1ccc2c(c1)CCCC2)C(=O)N1CCN(c2ccc(F)cc2)CC1. The number of amides is 1. The number of fused-ring (bicyclic) bond motifs is 1. The van der Waals surface area contributed by atoms with E-state index in [1.807, 2.05) is 17.9 Å². The number of hydrogen-bond acceptors (Lipinski definition) is 3. The highest BCUT2D eigenvalue weighted by molar-refractivity contribution is 5.81. The van der Waals surface area contributed by atoms with Gasteiger partial charge in [-0.25, -0.2) is 4.39 Å². The summed E-state index contributed by atoms with van der Waals surface area (Å²) in [6.07, 6.45) is 4.22. The molecule has 1 saturated heterocycles. The summed E-state index contributed by atoms with van der Waals surface area (Å²) in [7, 11) is 0. The summed E-state index contributed by atoms with van der Waals surface area (Å²) < 4.78 is 19.1. The minimum absolute atomic E-state index is 0.0245. The van der Waals surface area contributed by atoms with Crippen molar-refractivity contribution in [2.24, 2.45) is 0 Å². The molecule has 0 N–H and O–H groups in total. The van der Waals surface area contributed by atoms with Gasteiger partial charge in [0.1, 0.15) is 11.6 Å². The van der Waals surface area contributed by atoms with Crippen LogP contribution in [0.2, 0.25) is 0 Å². The lowest BCUT2D eigenvalue weighted by Crippen LogP contribution is -2.52. The first-order valence-corrected chi connectivity index (χ1v) is 10.2. The Hall–Kier alpha value is -2.56. The molecule has 0 bridgehead atoms. The van der Waals surface area contributed by atoms with Crippen LogP contribution < -0.4 is 9.64 Å². The Balaban J connectivity index is 1.32. The van der Waals surface area contributed by atoms with E-state index >= 15 is 0 Å². The Kier molecular flexibility index (Phi) is 5.51. The molecule has 4 rings (SSSR count). The molecule has 2 aromatic rings. The topological polar surface area (TPSA) is 32.8 Å². The second kappa shape index (κ2) is 8.21. The molecule has 0 aromatic heterocycles. The molecular formula is C23H27FN2O2. The van der Waals surface area contributed by atoms with Crippen LogP contribution in [0.15, 0.2) is 42.5 Å². The number of rotatable bonds is 4. The van der Waals surface area contributed by atoms with Gasteiger partial charge in [0.15, 0.2) is 6.10 Å². The molecule has 2 aliphatic rings. The van der Waals surface area contributed by atoms with E-state index in [0.29, 0.717) is 13.1 Å². The van der Waals surface area contributed by atoms with Crippen molar-refractivity contribution in [1.82, 2.24) is 4.90 Å². The molecule has 4 nitrogen and oxygen atoms in total. The van der Waals surface area contributed by atoms with E-state index in [2.05, 4.69) is 17.0 Å². The number of benzene rings is 2. The Morgan fingerprint density at radius 2 is 1.64 bits per heavy atom. The van der Waals surface area contributed by atoms with Crippen molar-refractivity contribution in [3.63, 3.8) is 0 Å². The molecule has 1 amide bonds. The molecule has 2 aromatic carbocycles. The molecule has 1 fully saturated rings. The Bertz CT molecular complexity index is 829. The van der Waals surface area contributed by atoms with E-state index < -0.39 is 6.10 Å². The largest absolute Gasteiger partial charge is 0.481 e. The highest BCUT2D eigenvalue weighted by atomic mass is 19.1. The second-order valence-corrected chi connectivity index (χ2v) is 7.69. The van der Waals surface area contributed by atoms with Gasteiger partial charge in [0, 0.05) is 31.9 Å². The van der Waals surface area contributed by atoms with E-state index in [0.717, 1.165) is 37.4 Å². The van der Waals surface area contributed by atoms with Gasteiger partial charge in [0.05, 0.1) is 0 Å². The van der Waals surface area contributed by atoms with Crippen LogP contribution in [0.3, 0.4) is 0 Å². The first-order chi connectivity index (χ1) is 13.6. The van der Waals surface area contributed by atoms with Crippen LogP contribution in [0.4, 0.5) is 10.1 Å². The number of aryl methyl sites for hydroxylation is 2. The number of carbonyl (C=O) groups is 1. The molecule has 0 radical (unpaired) electrons. The number of halogens is 1. The third-order valence-electron chi connectivity index (χ3n) is 5.76. The molecule has 1 aliphatic carbocycles. The number of hydrogen-bond donors (Lipinski definition) is 0. The summed E-state index contributed by atoms with van der Waals surface area (Å²) in [5.74, 6) is 0.577. The lowest BCUT2D eigenvalue weighted by Gasteiger charge is -2.37. The number of anilines is 1. The van der Waals surface area contributed by atoms with Gasteiger partial charge in [0.2, 0.25) is 0 Å². The maximum atomic E-state index is 13.1. The maximum absolute atomic E-state index is 13.1. The van der Waals surface area contributed by atoms with Crippen LogP contribution in [0.1, 0.15) is 30.9 Å². The fourth-order valence-electron chi connectivity index (χ4n) is 4.13. The van der Waals surface area contributed by atoms with Crippen molar-refractivity contribution in [2.45, 2.75) is 38.7 Å². The molecule has 148 valence electrons. The molecule has 0 saturated carbocycles. The van der Waals surface area contributed by atoms with Crippen LogP contribution in [-0.2, 0) is 17.6 Å². The lowest BCUT2D eigenvalue weighted by molar-refractivity contribution is -0.138. The monoisotopic (exact) mass is 382 g/mol. The van der Waals surface area contributed by atoms with Crippen molar-refractivity contribution in [3.05, 3.63) is 59.4 Å². The van der Waals surface area contributed by atoms with Crippen LogP contribution in [0.25, 0.3) is 0 Å². The summed E-state index contributed by atoms with van der Waals surface area (Å²) in [5, 5.41) is 0. The Labute approximate surface area is 165 Å². The van der Waals surface area contributed by atoms with E-state index in [1.54, 1.807) is 12.1 Å². The molecule has 0 unspecified atom stereocenters. The number of nitrogens with zero attached hydrogens (tertiary/aromatic N) is 2. The van der Waals surface area contributed by atoms with Gasteiger partial charge in [-0.1, -0.05) is 6.07 Å². The van der Waals surface area contributed by atoms with Crippen LogP contribution in [0.5, 0.6) is 5.75 Å². The molecular weight excluding hydrogens is 355 g/mol. The predicted octanol–water partition coefficient (Wildman–Crippen LogP) is 3.82. The molecule has 1 atom stereocenters. The second-order valence-electron chi connectivity index (χ2n) is 7.69. The van der Waals surface area contributed by atoms with Crippen molar-refractivity contribution < 1.29 is 13.9 Å². The van der Waals surface area contributed by atoms with Crippen molar-refractivity contribution in [3.8, 4) is 5.75 Å². The van der Waals surface area contributed by atoms with Gasteiger partial charge in [-0.3, -0.25) is 4.79 Å². The van der Waals surface area contributed by atoms with Crippen LogP contribution in [0, 0.1) is 5.82 Å². The van der Waals surface area contributed by atoms with Gasteiger partial charge >= 0.3 is 0 Å². The molecule has 28 heavy (non-hydrogen) atoms. The fourth-order valence-corrected chi connectivity index (χ4v) is 4.13. The number of ether oxygens (including phenoxy) is 1. The Morgan fingerprint density at radius 1 is 0.964 bits per heavy atom. The molecule has 1 aliphatic heterocycles. The zero-order valence-corrected chi connectivity index (χ0v) is 16.4. The quantitative estimate of drug-likeness (QED) is 0.806. The lowest BCUT2D eigenvalue weighted by atomic mass is 9.92. The molecule has 0 spiro atoms. The van der Waals surface area contributed by atoms with E-state index in [4.69, 9.17) is 4.74 Å². The summed E-state index contributed by atoms with van der Waals surface area (Å²) in [4.78, 5) is 16.9. The zero-order chi connectivity index (χ0) is 19.5. The highest BCUT2D eigenvalue weighted by Gasteiger charge is 2.26. The summed E-state index contributed by atoms with van der Waals surface area (Å²) in [5.41, 5.74) is 3.76. The van der Waals surface area contributed by atoms with Gasteiger partial charge in [-0.2, -0.15) is 0 Å². The van der Waals surface area contributed by atoms with Crippen molar-refractivity contribution in [2.75, 3.05) is 31.1 Å². The average Bonchev–Trinajstić information content (AvgIpc) is 2.74. The minimum atomic E-state index is -0.501. The van der Waals surface area contributed by atoms with Gasteiger partial charge in [-0.15, -0.1) is 0 Å². The minimum Gasteiger partial charge on any atom is -0.481 e. The number of piperazine rings is 1. The maximum Gasteiger partial charge on any atom is 0.263 e. The third kappa shape index (κ3) is 4.13. The average molecular weight is 382 g/mol. The molecule has 1 heterocycles. The standard InChI is InChI=1S/C23H27FN2O2/c1-17(28-22-11-6-18-4-2-3-5-19(18)16-22)23(27)26-14-12-25(13-15-26)21-9-7-20(24)8-10-21/h6-11,16-17H,2-5,12-15H2,1H3/t17-/m1/s1. The number of carbonyl (C=O) groups excluding carboxylic acids is 1. The van der Waals surface area contributed by atoms with Crippen molar-refractivity contribution in [1.29, 1.82) is 0 Å². The predicted molar refractivity (Wildman–Crippen MR) is 108 cm³/mol. The summed E-state index contributed by atoms with van der Waals surface area (Å²) >= 11 is 0. The molecule has 5 heteroatoms. The van der Waals surface area contributed by atoms with E-state index in [-0.39, 0.29) is 11.7 Å². The summed E-state index contributed by atoms with van der Waals surface area (Å²) in [6, 6.07) is 12.7. The smallest absolute Gasteiger partial charge is 0.263 e. The van der Waals surface area contributed by atoms with Gasteiger partial charge in [0.25, 0.3) is 5.91 Å². The van der Waals surface area contributed by atoms with E-state index in [1.165, 1.54) is 36.1 Å². The van der Waals surface area contributed by atoms with Crippen LogP contribution >= 0.6 is 0 Å². The van der Waals surface area contributed by atoms with Crippen LogP contribution in [-0.4, -0.2) is 43.1 Å². The zero-order valence-electron chi connectivity index (χ0n) is 16.4. The summed E-state index contributed by atoms with van der Waals surface area (Å²) in [6.45, 7) is 4.60. The first kappa shape index (κ1) is 18.8. The fraction of sp³-hybridized carbons (Fsp3) is 0.435. The highest BCUT2D eigenvalue weighted by Crippen LogP contribution is 2.26. The Morgan fingerprint density at radius 3 is 2.36 bits per heavy atom. The van der Waals surface area contributed by atoms with Gasteiger partial charge < -0.3 is 14.5 Å². The normalized spacial score (nSPS) is 17.8. The van der Waals surface area contributed by atoms with E-state index in [9.17, 15) is 9.18 Å². The third-order valence-corrected chi connectivity index (χ3v) is 5.76. The first-order valence-electron chi connectivity index (χ1n) is 10.2.